The molecule has 1 saturated carbocycles. The van der Waals surface area contributed by atoms with Crippen LogP contribution >= 0.6 is 0 Å². The number of hydrogen-bond acceptors (Lipinski definition) is 8. The average Bonchev–Trinajstić information content (AvgIpc) is 3.35. The molecule has 1 aliphatic heterocycles. The van der Waals surface area contributed by atoms with Crippen LogP contribution in [0.5, 0.6) is 17.4 Å². The van der Waals surface area contributed by atoms with Crippen molar-refractivity contribution in [3.05, 3.63) is 36.7 Å². The van der Waals surface area contributed by atoms with Crippen LogP contribution in [0.3, 0.4) is 0 Å². The average molecular weight is 349 g/mol. The number of fused-ring (bicyclic) bond motifs is 1. The fourth-order valence-electron chi connectivity index (χ4n) is 2.75. The van der Waals surface area contributed by atoms with Crippen LogP contribution in [0.25, 0.3) is 22.4 Å². The Balaban J connectivity index is 1.42. The van der Waals surface area contributed by atoms with Gasteiger partial charge in [-0.25, -0.2) is 9.97 Å². The van der Waals surface area contributed by atoms with Gasteiger partial charge in [-0.2, -0.15) is 0 Å². The predicted molar refractivity (Wildman–Crippen MR) is 92.9 cm³/mol. The number of phenols is 1. The minimum absolute atomic E-state index is 0.0965. The van der Waals surface area contributed by atoms with Crippen molar-refractivity contribution in [3.63, 3.8) is 0 Å². The quantitative estimate of drug-likeness (QED) is 0.741. The van der Waals surface area contributed by atoms with Crippen molar-refractivity contribution >= 4 is 5.95 Å². The smallest absolute Gasteiger partial charge is 0.260 e. The van der Waals surface area contributed by atoms with Crippen LogP contribution in [0.1, 0.15) is 12.8 Å². The molecule has 1 aromatic carbocycles. The highest BCUT2D eigenvalue weighted by atomic mass is 16.7. The topological polar surface area (TPSA) is 102 Å². The van der Waals surface area contributed by atoms with Crippen LogP contribution in [0.4, 0.5) is 5.95 Å². The summed E-state index contributed by atoms with van der Waals surface area (Å²) >= 11 is 0. The molecule has 8 nitrogen and oxygen atoms in total. The number of phenolic OH excluding ortho intramolecular Hbond substituents is 1. The summed E-state index contributed by atoms with van der Waals surface area (Å²) in [6.45, 7) is 0.174. The van der Waals surface area contributed by atoms with E-state index in [-0.39, 0.29) is 12.5 Å². The maximum atomic E-state index is 10.4. The third-order valence-electron chi connectivity index (χ3n) is 4.31. The van der Waals surface area contributed by atoms with Gasteiger partial charge in [0, 0.05) is 23.4 Å². The number of aromatic nitrogens is 4. The molecule has 3 heterocycles. The molecule has 5 rings (SSSR count). The minimum atomic E-state index is 0.0965. The van der Waals surface area contributed by atoms with Gasteiger partial charge in [0.05, 0.1) is 6.20 Å². The molecule has 1 aliphatic carbocycles. The predicted octanol–water partition coefficient (Wildman–Crippen LogP) is 2.61. The van der Waals surface area contributed by atoms with Crippen molar-refractivity contribution in [1.29, 1.82) is 0 Å². The fraction of sp³-hybridized carbons (Fsp3) is 0.222. The van der Waals surface area contributed by atoms with Crippen LogP contribution < -0.4 is 14.8 Å². The third-order valence-corrected chi connectivity index (χ3v) is 4.31. The molecule has 0 unspecified atom stereocenters. The number of benzene rings is 1. The molecule has 0 spiro atoms. The first-order chi connectivity index (χ1) is 12.8. The second kappa shape index (κ2) is 5.83. The molecule has 0 atom stereocenters. The molecule has 3 aromatic rings. The molecule has 1 fully saturated rings. The van der Waals surface area contributed by atoms with Crippen LogP contribution in [-0.2, 0) is 0 Å². The number of nitrogens with one attached hydrogen (secondary N) is 1. The van der Waals surface area contributed by atoms with Crippen molar-refractivity contribution < 1.29 is 14.6 Å². The van der Waals surface area contributed by atoms with Crippen molar-refractivity contribution in [2.75, 3.05) is 12.1 Å². The van der Waals surface area contributed by atoms with E-state index in [1.807, 2.05) is 12.1 Å². The number of hydrogen-bond donors (Lipinski definition) is 2. The van der Waals surface area contributed by atoms with Crippen LogP contribution in [0.2, 0.25) is 0 Å². The van der Waals surface area contributed by atoms with E-state index in [0.29, 0.717) is 34.9 Å². The zero-order valence-corrected chi connectivity index (χ0v) is 13.7. The highest BCUT2D eigenvalue weighted by molar-refractivity contribution is 5.74. The Morgan fingerprint density at radius 1 is 1.00 bits per heavy atom. The van der Waals surface area contributed by atoms with Crippen molar-refractivity contribution in [2.24, 2.45) is 0 Å². The van der Waals surface area contributed by atoms with E-state index in [1.54, 1.807) is 24.5 Å². The fourth-order valence-corrected chi connectivity index (χ4v) is 2.75. The largest absolute Gasteiger partial charge is 0.507 e. The first-order valence-electron chi connectivity index (χ1n) is 8.32. The second-order valence-corrected chi connectivity index (χ2v) is 6.25. The molecule has 2 aromatic heterocycles. The van der Waals surface area contributed by atoms with Gasteiger partial charge in [0.1, 0.15) is 11.4 Å². The molecule has 0 bridgehead atoms. The number of pyridine rings is 1. The van der Waals surface area contributed by atoms with E-state index in [9.17, 15) is 5.11 Å². The van der Waals surface area contributed by atoms with Gasteiger partial charge in [0.15, 0.2) is 5.75 Å². The van der Waals surface area contributed by atoms with Crippen LogP contribution in [0.15, 0.2) is 36.7 Å². The molecule has 2 aliphatic rings. The van der Waals surface area contributed by atoms with E-state index in [1.165, 1.54) is 0 Å². The Morgan fingerprint density at radius 2 is 1.92 bits per heavy atom. The summed E-state index contributed by atoms with van der Waals surface area (Å²) < 4.78 is 10.6. The van der Waals surface area contributed by atoms with E-state index in [2.05, 4.69) is 25.5 Å². The molecule has 0 amide bonds. The number of aromatic hydroxyl groups is 1. The lowest BCUT2D eigenvalue weighted by Gasteiger charge is -2.08. The SMILES string of the molecule is Oc1cc(-c2cnc3c(c2)OCO3)ccc1-c1cnc(NC2CC2)nn1. The lowest BCUT2D eigenvalue weighted by Crippen LogP contribution is -2.06. The highest BCUT2D eigenvalue weighted by Crippen LogP contribution is 2.36. The van der Waals surface area contributed by atoms with Gasteiger partial charge in [-0.05, 0) is 36.6 Å². The number of anilines is 1. The van der Waals surface area contributed by atoms with Gasteiger partial charge in [-0.15, -0.1) is 10.2 Å². The van der Waals surface area contributed by atoms with Gasteiger partial charge in [0.25, 0.3) is 5.88 Å². The Hall–Kier alpha value is -3.42. The Bertz CT molecular complexity index is 973. The lowest BCUT2D eigenvalue weighted by atomic mass is 10.0. The maximum Gasteiger partial charge on any atom is 0.260 e. The third kappa shape index (κ3) is 2.75. The summed E-state index contributed by atoms with van der Waals surface area (Å²) in [7, 11) is 0. The van der Waals surface area contributed by atoms with Gasteiger partial charge in [0.2, 0.25) is 12.7 Å². The van der Waals surface area contributed by atoms with E-state index in [0.717, 1.165) is 24.0 Å². The molecule has 2 N–H and O–H groups in total. The molecule has 0 radical (unpaired) electrons. The molecule has 26 heavy (non-hydrogen) atoms. The van der Waals surface area contributed by atoms with Gasteiger partial charge >= 0.3 is 0 Å². The summed E-state index contributed by atoms with van der Waals surface area (Å²) in [4.78, 5) is 8.48. The molecular weight excluding hydrogens is 334 g/mol. The molecule has 8 heteroatoms. The lowest BCUT2D eigenvalue weighted by molar-refractivity contribution is 0.171. The molecule has 130 valence electrons. The van der Waals surface area contributed by atoms with Crippen molar-refractivity contribution in [1.82, 2.24) is 20.2 Å². The minimum Gasteiger partial charge on any atom is -0.507 e. The monoisotopic (exact) mass is 349 g/mol. The van der Waals surface area contributed by atoms with E-state index >= 15 is 0 Å². The Morgan fingerprint density at radius 3 is 2.69 bits per heavy atom. The van der Waals surface area contributed by atoms with Gasteiger partial charge in [-0.3, -0.25) is 0 Å². The van der Waals surface area contributed by atoms with E-state index in [4.69, 9.17) is 9.47 Å². The Labute approximate surface area is 148 Å². The first kappa shape index (κ1) is 14.9. The number of nitrogens with zero attached hydrogens (tertiary/aromatic N) is 4. The van der Waals surface area contributed by atoms with Crippen molar-refractivity contribution in [2.45, 2.75) is 18.9 Å². The summed E-state index contributed by atoms with van der Waals surface area (Å²) in [5, 5.41) is 21.8. The summed E-state index contributed by atoms with van der Waals surface area (Å²) in [6, 6.07) is 7.63. The number of ether oxygens (including phenoxy) is 2. The highest BCUT2D eigenvalue weighted by Gasteiger charge is 2.22. The first-order valence-corrected chi connectivity index (χ1v) is 8.32. The van der Waals surface area contributed by atoms with Crippen LogP contribution in [-0.4, -0.2) is 38.1 Å². The zero-order valence-electron chi connectivity index (χ0n) is 13.7. The second-order valence-electron chi connectivity index (χ2n) is 6.25. The van der Waals surface area contributed by atoms with Gasteiger partial charge < -0.3 is 19.9 Å². The summed E-state index contributed by atoms with van der Waals surface area (Å²) in [5.41, 5.74) is 2.72. The number of rotatable bonds is 4. The van der Waals surface area contributed by atoms with Crippen LogP contribution in [0, 0.1) is 0 Å². The molecule has 0 saturated heterocycles. The van der Waals surface area contributed by atoms with Gasteiger partial charge in [-0.1, -0.05) is 6.07 Å². The summed E-state index contributed by atoms with van der Waals surface area (Å²) in [5.74, 6) is 1.69. The normalized spacial score (nSPS) is 15.1. The summed E-state index contributed by atoms with van der Waals surface area (Å²) in [6.07, 6.45) is 5.57. The zero-order chi connectivity index (χ0) is 17.5. The maximum absolute atomic E-state index is 10.4. The molecular formula is C18H15N5O3. The standard InChI is InChI=1S/C18H15N5O3/c24-15-5-10(11-6-16-17(19-7-11)26-9-25-16)1-4-13(15)14-8-20-18(23-22-14)21-12-2-3-12/h1,4-8,12,24H,2-3,9H2,(H,20,21,23). The Kier molecular flexibility index (Phi) is 3.34. The van der Waals surface area contributed by atoms with Crippen molar-refractivity contribution in [3.8, 4) is 39.8 Å². The van der Waals surface area contributed by atoms with E-state index < -0.39 is 0 Å².